The van der Waals surface area contributed by atoms with E-state index >= 15 is 0 Å². The summed E-state index contributed by atoms with van der Waals surface area (Å²) in [5.41, 5.74) is 6.40. The van der Waals surface area contributed by atoms with Crippen molar-refractivity contribution in [2.75, 3.05) is 11.1 Å². The highest BCUT2D eigenvalue weighted by Crippen LogP contribution is 2.29. The van der Waals surface area contributed by atoms with Gasteiger partial charge < -0.3 is 16.2 Å². The number of benzene rings is 1. The summed E-state index contributed by atoms with van der Waals surface area (Å²) in [5.74, 6) is 0.269. The normalized spacial score (nSPS) is 10.7. The Balaban J connectivity index is 2.22. The molecule has 1 amide bonds. The molecule has 0 spiro atoms. The van der Waals surface area contributed by atoms with Gasteiger partial charge in [0.05, 0.1) is 0 Å². The third-order valence-electron chi connectivity index (χ3n) is 2.35. The Bertz CT molecular complexity index is 670. The topological polar surface area (TPSA) is 113 Å². The minimum Gasteiger partial charge on any atom is -0.506 e. The van der Waals surface area contributed by atoms with Crippen molar-refractivity contribution in [3.05, 3.63) is 36.4 Å². The molecule has 0 unspecified atom stereocenters. The number of nitrogens with zero attached hydrogens (tertiary/aromatic N) is 3. The SMILES string of the molecule is CC(=O)Nc1ccc(N=Nc2ccccc2O)c(N)n1. The van der Waals surface area contributed by atoms with E-state index in [1.165, 1.54) is 13.0 Å². The molecule has 0 aliphatic rings. The van der Waals surface area contributed by atoms with E-state index in [0.717, 1.165) is 0 Å². The van der Waals surface area contributed by atoms with Crippen LogP contribution in [0.1, 0.15) is 6.92 Å². The van der Waals surface area contributed by atoms with E-state index < -0.39 is 0 Å². The number of hydrogen-bond donors (Lipinski definition) is 3. The fourth-order valence-electron chi connectivity index (χ4n) is 1.46. The van der Waals surface area contributed by atoms with Crippen LogP contribution >= 0.6 is 0 Å². The fraction of sp³-hybridized carbons (Fsp3) is 0.0769. The number of rotatable bonds is 3. The monoisotopic (exact) mass is 271 g/mol. The summed E-state index contributed by atoms with van der Waals surface area (Å²) in [6, 6.07) is 9.69. The molecule has 0 atom stereocenters. The number of nitrogens with one attached hydrogen (secondary N) is 1. The van der Waals surface area contributed by atoms with Crippen molar-refractivity contribution in [1.29, 1.82) is 0 Å². The Labute approximate surface area is 115 Å². The Kier molecular flexibility index (Phi) is 3.90. The fourth-order valence-corrected chi connectivity index (χ4v) is 1.46. The van der Waals surface area contributed by atoms with E-state index in [0.29, 0.717) is 17.2 Å². The highest BCUT2D eigenvalue weighted by Gasteiger charge is 2.04. The summed E-state index contributed by atoms with van der Waals surface area (Å²) in [5, 5.41) is 19.9. The Morgan fingerprint density at radius 2 is 1.90 bits per heavy atom. The number of phenolic OH excluding ortho intramolecular Hbond substituents is 1. The van der Waals surface area contributed by atoms with E-state index in [1.807, 2.05) is 0 Å². The summed E-state index contributed by atoms with van der Waals surface area (Å²) in [7, 11) is 0. The first-order valence-electron chi connectivity index (χ1n) is 5.80. The van der Waals surface area contributed by atoms with Crippen LogP contribution in [-0.2, 0) is 4.79 Å². The van der Waals surface area contributed by atoms with Crippen LogP contribution in [0, 0.1) is 0 Å². The molecule has 2 rings (SSSR count). The number of azo groups is 1. The van der Waals surface area contributed by atoms with Gasteiger partial charge in [-0.3, -0.25) is 4.79 Å². The van der Waals surface area contributed by atoms with Gasteiger partial charge in [-0.2, -0.15) is 0 Å². The zero-order valence-electron chi connectivity index (χ0n) is 10.7. The Morgan fingerprint density at radius 3 is 2.55 bits per heavy atom. The number of amides is 1. The maximum atomic E-state index is 10.9. The largest absolute Gasteiger partial charge is 0.506 e. The molecule has 1 aromatic carbocycles. The van der Waals surface area contributed by atoms with Crippen molar-refractivity contribution in [3.63, 3.8) is 0 Å². The number of para-hydroxylation sites is 1. The lowest BCUT2D eigenvalue weighted by Gasteiger charge is -2.03. The molecular formula is C13H13N5O2. The molecule has 102 valence electrons. The summed E-state index contributed by atoms with van der Waals surface area (Å²) in [6.07, 6.45) is 0. The van der Waals surface area contributed by atoms with Crippen LogP contribution in [0.2, 0.25) is 0 Å². The molecule has 20 heavy (non-hydrogen) atoms. The minimum absolute atomic E-state index is 0.0256. The van der Waals surface area contributed by atoms with Gasteiger partial charge in [0.25, 0.3) is 0 Å². The van der Waals surface area contributed by atoms with Crippen LogP contribution in [0.15, 0.2) is 46.6 Å². The molecule has 0 fully saturated rings. The number of aromatic hydroxyl groups is 1. The van der Waals surface area contributed by atoms with E-state index in [1.54, 1.807) is 30.3 Å². The Morgan fingerprint density at radius 1 is 1.20 bits per heavy atom. The van der Waals surface area contributed by atoms with E-state index in [9.17, 15) is 9.90 Å². The molecule has 0 saturated heterocycles. The second kappa shape index (κ2) is 5.79. The Hall–Kier alpha value is -2.96. The molecule has 0 saturated carbocycles. The van der Waals surface area contributed by atoms with Gasteiger partial charge in [-0.25, -0.2) is 4.98 Å². The quantitative estimate of drug-likeness (QED) is 0.745. The van der Waals surface area contributed by atoms with Crippen LogP contribution in [0.4, 0.5) is 23.0 Å². The number of carbonyl (C=O) groups is 1. The molecule has 4 N–H and O–H groups in total. The smallest absolute Gasteiger partial charge is 0.222 e. The standard InChI is InChI=1S/C13H13N5O2/c1-8(19)15-12-7-6-10(13(14)16-12)18-17-9-4-2-3-5-11(9)20/h2-7,20H,1H3,(H3,14,15,16,19). The van der Waals surface area contributed by atoms with E-state index in [2.05, 4.69) is 20.5 Å². The van der Waals surface area contributed by atoms with E-state index in [4.69, 9.17) is 5.73 Å². The third kappa shape index (κ3) is 3.29. The van der Waals surface area contributed by atoms with Crippen molar-refractivity contribution in [2.24, 2.45) is 10.2 Å². The number of hydrogen-bond acceptors (Lipinski definition) is 6. The molecule has 0 bridgehead atoms. The lowest BCUT2D eigenvalue weighted by Crippen LogP contribution is -2.08. The van der Waals surface area contributed by atoms with Crippen molar-refractivity contribution >= 4 is 28.9 Å². The zero-order valence-corrected chi connectivity index (χ0v) is 10.7. The maximum absolute atomic E-state index is 10.9. The van der Waals surface area contributed by atoms with Crippen molar-refractivity contribution in [2.45, 2.75) is 6.92 Å². The molecule has 2 aromatic rings. The van der Waals surface area contributed by atoms with Gasteiger partial charge in [0.2, 0.25) is 5.91 Å². The van der Waals surface area contributed by atoms with Gasteiger partial charge in [-0.15, -0.1) is 10.2 Å². The van der Waals surface area contributed by atoms with Gasteiger partial charge in [0, 0.05) is 6.92 Å². The van der Waals surface area contributed by atoms with Gasteiger partial charge in [-0.1, -0.05) is 12.1 Å². The third-order valence-corrected chi connectivity index (χ3v) is 2.35. The van der Waals surface area contributed by atoms with Crippen molar-refractivity contribution in [3.8, 4) is 5.75 Å². The highest BCUT2D eigenvalue weighted by atomic mass is 16.3. The van der Waals surface area contributed by atoms with Crippen LogP contribution in [-0.4, -0.2) is 16.0 Å². The number of aromatic nitrogens is 1. The molecule has 0 aliphatic carbocycles. The number of pyridine rings is 1. The number of nitrogens with two attached hydrogens (primary N) is 1. The summed E-state index contributed by atoms with van der Waals surface area (Å²) in [4.78, 5) is 14.9. The van der Waals surface area contributed by atoms with Gasteiger partial charge >= 0.3 is 0 Å². The number of carbonyl (C=O) groups excluding carboxylic acids is 1. The second-order valence-corrected chi connectivity index (χ2v) is 3.97. The van der Waals surface area contributed by atoms with Crippen LogP contribution < -0.4 is 11.1 Å². The average molecular weight is 271 g/mol. The predicted molar refractivity (Wildman–Crippen MR) is 75.2 cm³/mol. The summed E-state index contributed by atoms with van der Waals surface area (Å²) in [6.45, 7) is 1.38. The molecule has 7 nitrogen and oxygen atoms in total. The van der Waals surface area contributed by atoms with Crippen molar-refractivity contribution < 1.29 is 9.90 Å². The van der Waals surface area contributed by atoms with Crippen molar-refractivity contribution in [1.82, 2.24) is 4.98 Å². The molecule has 1 aromatic heterocycles. The van der Waals surface area contributed by atoms with Crippen LogP contribution in [0.3, 0.4) is 0 Å². The van der Waals surface area contributed by atoms with Crippen LogP contribution in [0.5, 0.6) is 5.75 Å². The highest BCUT2D eigenvalue weighted by molar-refractivity contribution is 5.88. The summed E-state index contributed by atoms with van der Waals surface area (Å²) >= 11 is 0. The molecular weight excluding hydrogens is 258 g/mol. The number of phenols is 1. The van der Waals surface area contributed by atoms with Gasteiger partial charge in [0.15, 0.2) is 5.82 Å². The summed E-state index contributed by atoms with van der Waals surface area (Å²) < 4.78 is 0. The second-order valence-electron chi connectivity index (χ2n) is 3.97. The average Bonchev–Trinajstić information content (AvgIpc) is 2.39. The minimum atomic E-state index is -0.236. The lowest BCUT2D eigenvalue weighted by atomic mass is 10.3. The first-order chi connectivity index (χ1) is 9.56. The first-order valence-corrected chi connectivity index (χ1v) is 5.80. The number of nitrogen functional groups attached to an aromatic ring is 1. The first kappa shape index (κ1) is 13.5. The lowest BCUT2D eigenvalue weighted by molar-refractivity contribution is -0.114. The van der Waals surface area contributed by atoms with E-state index in [-0.39, 0.29) is 17.5 Å². The predicted octanol–water partition coefficient (Wildman–Crippen LogP) is 2.74. The maximum Gasteiger partial charge on any atom is 0.222 e. The zero-order chi connectivity index (χ0) is 14.5. The van der Waals surface area contributed by atoms with Gasteiger partial charge in [0.1, 0.15) is 22.9 Å². The molecule has 0 radical (unpaired) electrons. The van der Waals surface area contributed by atoms with Crippen LogP contribution in [0.25, 0.3) is 0 Å². The number of anilines is 2. The molecule has 7 heteroatoms. The van der Waals surface area contributed by atoms with Gasteiger partial charge in [-0.05, 0) is 24.3 Å². The molecule has 0 aliphatic heterocycles. The molecule has 1 heterocycles.